The molecule has 0 bridgehead atoms. The molecule has 34 heavy (non-hydrogen) atoms. The topological polar surface area (TPSA) is 123 Å². The smallest absolute Gasteiger partial charge is 0.279 e. The van der Waals surface area contributed by atoms with Gasteiger partial charge < -0.3 is 9.47 Å². The zero-order valence-corrected chi connectivity index (χ0v) is 19.5. The first-order valence-electron chi connectivity index (χ1n) is 10.7. The molecule has 0 aromatic heterocycles. The summed E-state index contributed by atoms with van der Waals surface area (Å²) >= 11 is 0. The van der Waals surface area contributed by atoms with E-state index in [4.69, 9.17) is 9.47 Å². The molecule has 1 atom stereocenters. The van der Waals surface area contributed by atoms with Crippen LogP contribution in [-0.2, 0) is 14.8 Å². The Labute approximate surface area is 197 Å². The predicted octanol–water partition coefficient (Wildman–Crippen LogP) is 2.52. The molecule has 0 unspecified atom stereocenters. The standard InChI is InChI=1S/C24H25N3O6S/c1-15(33-20-11-7-16-5-3-4-6-17(16)13-20)23(28)25-26-24(29)18-8-12-21(32-2)22(14-18)34(30,31)27-19-9-10-19/h3-8,11-15,19,27H,9-10H2,1-2H3,(H,25,28)(H,26,29)/t15-/m1/s1. The minimum absolute atomic E-state index is 0.0420. The molecule has 0 saturated heterocycles. The molecule has 1 aliphatic rings. The fourth-order valence-corrected chi connectivity index (χ4v) is 4.80. The van der Waals surface area contributed by atoms with Crippen molar-refractivity contribution in [1.82, 2.24) is 15.6 Å². The van der Waals surface area contributed by atoms with Gasteiger partial charge in [-0.2, -0.15) is 0 Å². The van der Waals surface area contributed by atoms with Gasteiger partial charge in [-0.15, -0.1) is 0 Å². The van der Waals surface area contributed by atoms with Gasteiger partial charge in [0.25, 0.3) is 11.8 Å². The van der Waals surface area contributed by atoms with Gasteiger partial charge in [0, 0.05) is 11.6 Å². The Morgan fingerprint density at radius 1 is 0.971 bits per heavy atom. The lowest BCUT2D eigenvalue weighted by Gasteiger charge is -2.16. The van der Waals surface area contributed by atoms with Crippen molar-refractivity contribution in [2.24, 2.45) is 0 Å². The number of hydrogen-bond donors (Lipinski definition) is 3. The third kappa shape index (κ3) is 5.46. The molecular formula is C24H25N3O6S. The Hall–Kier alpha value is -3.63. The van der Waals surface area contributed by atoms with Crippen LogP contribution in [0.3, 0.4) is 0 Å². The molecule has 3 aromatic carbocycles. The van der Waals surface area contributed by atoms with Crippen molar-refractivity contribution in [3.8, 4) is 11.5 Å². The van der Waals surface area contributed by atoms with Crippen LogP contribution in [0.15, 0.2) is 65.6 Å². The largest absolute Gasteiger partial charge is 0.495 e. The summed E-state index contributed by atoms with van der Waals surface area (Å²) in [5.41, 5.74) is 4.64. The van der Waals surface area contributed by atoms with E-state index in [9.17, 15) is 18.0 Å². The van der Waals surface area contributed by atoms with Gasteiger partial charge in [0.15, 0.2) is 6.10 Å². The number of benzene rings is 3. The van der Waals surface area contributed by atoms with E-state index in [1.165, 1.54) is 25.3 Å². The van der Waals surface area contributed by atoms with E-state index in [1.807, 2.05) is 36.4 Å². The van der Waals surface area contributed by atoms with Crippen LogP contribution in [0.2, 0.25) is 0 Å². The minimum atomic E-state index is -3.85. The first-order valence-corrected chi connectivity index (χ1v) is 12.2. The number of ether oxygens (including phenoxy) is 2. The van der Waals surface area contributed by atoms with Gasteiger partial charge in [-0.1, -0.05) is 30.3 Å². The first kappa shape index (κ1) is 23.5. The van der Waals surface area contributed by atoms with Crippen LogP contribution < -0.4 is 25.0 Å². The van der Waals surface area contributed by atoms with Gasteiger partial charge in [0.05, 0.1) is 7.11 Å². The third-order valence-electron chi connectivity index (χ3n) is 5.32. The SMILES string of the molecule is COc1ccc(C(=O)NNC(=O)[C@@H](C)Oc2ccc3ccccc3c2)cc1S(=O)(=O)NC1CC1. The Morgan fingerprint density at radius 3 is 2.41 bits per heavy atom. The fourth-order valence-electron chi connectivity index (χ4n) is 3.30. The fraction of sp³-hybridized carbons (Fsp3) is 0.250. The summed E-state index contributed by atoms with van der Waals surface area (Å²) in [4.78, 5) is 24.8. The van der Waals surface area contributed by atoms with Crippen LogP contribution in [-0.4, -0.2) is 39.5 Å². The molecule has 0 aliphatic heterocycles. The van der Waals surface area contributed by atoms with Crippen LogP contribution in [0.5, 0.6) is 11.5 Å². The summed E-state index contributed by atoms with van der Waals surface area (Å²) in [6, 6.07) is 17.2. The van der Waals surface area contributed by atoms with Crippen molar-refractivity contribution >= 4 is 32.6 Å². The van der Waals surface area contributed by atoms with Gasteiger partial charge in [-0.05, 0) is 60.9 Å². The predicted molar refractivity (Wildman–Crippen MR) is 126 cm³/mol. The molecule has 1 aliphatic carbocycles. The molecule has 1 saturated carbocycles. The van der Waals surface area contributed by atoms with Crippen molar-refractivity contribution in [2.45, 2.75) is 36.8 Å². The van der Waals surface area contributed by atoms with E-state index in [2.05, 4.69) is 15.6 Å². The summed E-state index contributed by atoms with van der Waals surface area (Å²) < 4.78 is 38.7. The van der Waals surface area contributed by atoms with Crippen LogP contribution in [0.1, 0.15) is 30.1 Å². The average Bonchev–Trinajstić information content (AvgIpc) is 3.65. The Kier molecular flexibility index (Phi) is 6.71. The molecule has 0 radical (unpaired) electrons. The Balaban J connectivity index is 1.39. The maximum atomic E-state index is 12.6. The van der Waals surface area contributed by atoms with Crippen LogP contribution >= 0.6 is 0 Å². The van der Waals surface area contributed by atoms with Crippen LogP contribution in [0.25, 0.3) is 10.8 Å². The molecule has 0 heterocycles. The molecular weight excluding hydrogens is 458 g/mol. The molecule has 2 amide bonds. The molecule has 3 N–H and O–H groups in total. The normalized spacial score (nSPS) is 14.3. The number of hydrazine groups is 1. The second-order valence-electron chi connectivity index (χ2n) is 7.97. The number of fused-ring (bicyclic) bond motifs is 1. The third-order valence-corrected chi connectivity index (χ3v) is 6.86. The zero-order chi connectivity index (χ0) is 24.3. The molecule has 178 valence electrons. The van der Waals surface area contributed by atoms with Gasteiger partial charge >= 0.3 is 0 Å². The number of carbonyl (C=O) groups is 2. The molecule has 9 nitrogen and oxygen atoms in total. The maximum absolute atomic E-state index is 12.6. The summed E-state index contributed by atoms with van der Waals surface area (Å²) in [7, 11) is -2.50. The van der Waals surface area contributed by atoms with Gasteiger partial charge in [-0.25, -0.2) is 13.1 Å². The van der Waals surface area contributed by atoms with E-state index in [0.29, 0.717) is 5.75 Å². The van der Waals surface area contributed by atoms with Crippen molar-refractivity contribution in [3.05, 3.63) is 66.2 Å². The minimum Gasteiger partial charge on any atom is -0.495 e. The highest BCUT2D eigenvalue weighted by atomic mass is 32.2. The number of amides is 2. The lowest BCUT2D eigenvalue weighted by atomic mass is 10.1. The molecule has 1 fully saturated rings. The maximum Gasteiger partial charge on any atom is 0.279 e. The van der Waals surface area contributed by atoms with Crippen molar-refractivity contribution in [3.63, 3.8) is 0 Å². The molecule has 3 aromatic rings. The van der Waals surface area contributed by atoms with Crippen molar-refractivity contribution < 1.29 is 27.5 Å². The van der Waals surface area contributed by atoms with Gasteiger partial charge in [-0.3, -0.25) is 20.4 Å². The number of hydrogen-bond acceptors (Lipinski definition) is 6. The second-order valence-corrected chi connectivity index (χ2v) is 9.66. The van der Waals surface area contributed by atoms with Gasteiger partial charge in [0.2, 0.25) is 10.0 Å². The molecule has 4 rings (SSSR count). The molecule has 0 spiro atoms. The summed E-state index contributed by atoms with van der Waals surface area (Å²) in [6.07, 6.45) is 0.650. The first-order chi connectivity index (χ1) is 16.3. The van der Waals surface area contributed by atoms with E-state index in [-0.39, 0.29) is 22.3 Å². The number of rotatable bonds is 8. The highest BCUT2D eigenvalue weighted by molar-refractivity contribution is 7.89. The van der Waals surface area contributed by atoms with E-state index >= 15 is 0 Å². The number of sulfonamides is 1. The highest BCUT2D eigenvalue weighted by Gasteiger charge is 2.30. The summed E-state index contributed by atoms with van der Waals surface area (Å²) in [6.45, 7) is 1.55. The number of nitrogens with one attached hydrogen (secondary N) is 3. The van der Waals surface area contributed by atoms with Crippen molar-refractivity contribution in [1.29, 1.82) is 0 Å². The molecule has 10 heteroatoms. The average molecular weight is 484 g/mol. The summed E-state index contributed by atoms with van der Waals surface area (Å²) in [5.74, 6) is -0.623. The number of carbonyl (C=O) groups excluding carboxylic acids is 2. The Morgan fingerprint density at radius 2 is 1.71 bits per heavy atom. The van der Waals surface area contributed by atoms with E-state index in [1.54, 1.807) is 13.0 Å². The lowest BCUT2D eigenvalue weighted by molar-refractivity contribution is -0.128. The quantitative estimate of drug-likeness (QED) is 0.423. The van der Waals surface area contributed by atoms with Crippen LogP contribution in [0, 0.1) is 0 Å². The number of methoxy groups -OCH3 is 1. The summed E-state index contributed by atoms with van der Waals surface area (Å²) in [5, 5.41) is 2.02. The van der Waals surface area contributed by atoms with E-state index in [0.717, 1.165) is 23.6 Å². The monoisotopic (exact) mass is 483 g/mol. The lowest BCUT2D eigenvalue weighted by Crippen LogP contribution is -2.47. The Bertz CT molecular complexity index is 1340. The highest BCUT2D eigenvalue weighted by Crippen LogP contribution is 2.28. The second kappa shape index (κ2) is 9.70. The van der Waals surface area contributed by atoms with Crippen molar-refractivity contribution in [2.75, 3.05) is 7.11 Å². The zero-order valence-electron chi connectivity index (χ0n) is 18.7. The van der Waals surface area contributed by atoms with Gasteiger partial charge in [0.1, 0.15) is 16.4 Å². The van der Waals surface area contributed by atoms with Crippen LogP contribution in [0.4, 0.5) is 0 Å². The van der Waals surface area contributed by atoms with E-state index < -0.39 is 27.9 Å².